The topological polar surface area (TPSA) is 46.5 Å². The molecule has 1 saturated heterocycles. The van der Waals surface area contributed by atoms with Crippen molar-refractivity contribution in [2.24, 2.45) is 0 Å². The average Bonchev–Trinajstić information content (AvgIpc) is 2.71. The standard InChI is InChI=1S/C10H12O3S/c11-10(12)8-4-1-3-7(13-8)9-5-2-6-14-9/h2,5-8H,1,3-4H2,(H,11,12). The Hall–Kier alpha value is -0.870. The molecule has 1 fully saturated rings. The third-order valence-corrected chi connectivity index (χ3v) is 3.36. The number of hydrogen-bond acceptors (Lipinski definition) is 3. The van der Waals surface area contributed by atoms with Gasteiger partial charge in [0, 0.05) is 4.88 Å². The predicted octanol–water partition coefficient (Wildman–Crippen LogP) is 2.44. The Morgan fingerprint density at radius 2 is 2.43 bits per heavy atom. The van der Waals surface area contributed by atoms with E-state index in [2.05, 4.69) is 0 Å². The zero-order valence-corrected chi connectivity index (χ0v) is 8.50. The molecule has 0 radical (unpaired) electrons. The Bertz CT molecular complexity index is 307. The number of carboxylic acids is 1. The van der Waals surface area contributed by atoms with Crippen LogP contribution in [0.1, 0.15) is 30.2 Å². The van der Waals surface area contributed by atoms with E-state index >= 15 is 0 Å². The Morgan fingerprint density at radius 1 is 1.57 bits per heavy atom. The molecule has 2 heterocycles. The quantitative estimate of drug-likeness (QED) is 0.819. The van der Waals surface area contributed by atoms with Crippen molar-refractivity contribution in [2.75, 3.05) is 0 Å². The Balaban J connectivity index is 2.04. The SMILES string of the molecule is O=C(O)C1CCCC(c2cccs2)O1. The zero-order chi connectivity index (χ0) is 9.97. The summed E-state index contributed by atoms with van der Waals surface area (Å²) in [5.74, 6) is -0.841. The lowest BCUT2D eigenvalue weighted by Gasteiger charge is -2.26. The molecule has 76 valence electrons. The molecule has 0 spiro atoms. The average molecular weight is 212 g/mol. The zero-order valence-electron chi connectivity index (χ0n) is 7.68. The van der Waals surface area contributed by atoms with E-state index in [1.807, 2.05) is 17.5 Å². The summed E-state index contributed by atoms with van der Waals surface area (Å²) in [7, 11) is 0. The van der Waals surface area contributed by atoms with Crippen molar-refractivity contribution < 1.29 is 14.6 Å². The van der Waals surface area contributed by atoms with E-state index in [1.165, 1.54) is 0 Å². The maximum absolute atomic E-state index is 10.7. The van der Waals surface area contributed by atoms with E-state index in [0.717, 1.165) is 17.7 Å². The van der Waals surface area contributed by atoms with Gasteiger partial charge in [-0.3, -0.25) is 0 Å². The third kappa shape index (κ3) is 1.96. The molecule has 0 aromatic carbocycles. The van der Waals surface area contributed by atoms with Crippen LogP contribution in [-0.4, -0.2) is 17.2 Å². The fraction of sp³-hybridized carbons (Fsp3) is 0.500. The molecule has 1 aliphatic rings. The van der Waals surface area contributed by atoms with Gasteiger partial charge in [0.1, 0.15) is 0 Å². The van der Waals surface area contributed by atoms with Gasteiger partial charge in [0.25, 0.3) is 0 Å². The Morgan fingerprint density at radius 3 is 3.07 bits per heavy atom. The second-order valence-corrected chi connectivity index (χ2v) is 4.38. The molecule has 0 amide bonds. The predicted molar refractivity (Wildman–Crippen MR) is 53.4 cm³/mol. The minimum Gasteiger partial charge on any atom is -0.479 e. The molecule has 1 N–H and O–H groups in total. The summed E-state index contributed by atoms with van der Waals surface area (Å²) in [5, 5.41) is 10.8. The van der Waals surface area contributed by atoms with Crippen LogP contribution in [0, 0.1) is 0 Å². The number of ether oxygens (including phenoxy) is 1. The maximum Gasteiger partial charge on any atom is 0.332 e. The molecule has 2 unspecified atom stereocenters. The molecule has 0 bridgehead atoms. The molecular weight excluding hydrogens is 200 g/mol. The van der Waals surface area contributed by atoms with Gasteiger partial charge >= 0.3 is 5.97 Å². The Labute approximate surface area is 86.3 Å². The van der Waals surface area contributed by atoms with Crippen molar-refractivity contribution in [3.05, 3.63) is 22.4 Å². The fourth-order valence-electron chi connectivity index (χ4n) is 1.69. The lowest BCUT2D eigenvalue weighted by Crippen LogP contribution is -2.29. The van der Waals surface area contributed by atoms with E-state index in [1.54, 1.807) is 11.3 Å². The van der Waals surface area contributed by atoms with Crippen LogP contribution >= 0.6 is 11.3 Å². The molecule has 0 saturated carbocycles. The van der Waals surface area contributed by atoms with Crippen LogP contribution < -0.4 is 0 Å². The lowest BCUT2D eigenvalue weighted by molar-refractivity contribution is -0.159. The van der Waals surface area contributed by atoms with E-state index in [4.69, 9.17) is 9.84 Å². The van der Waals surface area contributed by atoms with Crippen LogP contribution in [0.25, 0.3) is 0 Å². The van der Waals surface area contributed by atoms with Crippen molar-refractivity contribution in [3.8, 4) is 0 Å². The molecular formula is C10H12O3S. The van der Waals surface area contributed by atoms with Gasteiger partial charge in [0.2, 0.25) is 0 Å². The van der Waals surface area contributed by atoms with Crippen LogP contribution in [-0.2, 0) is 9.53 Å². The fourth-order valence-corrected chi connectivity index (χ4v) is 2.49. The van der Waals surface area contributed by atoms with Gasteiger partial charge < -0.3 is 9.84 Å². The minimum atomic E-state index is -0.841. The number of hydrogen-bond donors (Lipinski definition) is 1. The highest BCUT2D eigenvalue weighted by Crippen LogP contribution is 2.33. The van der Waals surface area contributed by atoms with Crippen LogP contribution in [0.2, 0.25) is 0 Å². The van der Waals surface area contributed by atoms with Crippen molar-refractivity contribution in [1.29, 1.82) is 0 Å². The second-order valence-electron chi connectivity index (χ2n) is 3.40. The smallest absolute Gasteiger partial charge is 0.332 e. The van der Waals surface area contributed by atoms with Gasteiger partial charge in [0.05, 0.1) is 6.10 Å². The van der Waals surface area contributed by atoms with Crippen molar-refractivity contribution in [1.82, 2.24) is 0 Å². The highest BCUT2D eigenvalue weighted by atomic mass is 32.1. The molecule has 3 nitrogen and oxygen atoms in total. The third-order valence-electron chi connectivity index (χ3n) is 2.40. The minimum absolute atomic E-state index is 0.00940. The summed E-state index contributed by atoms with van der Waals surface area (Å²) in [5.41, 5.74) is 0. The van der Waals surface area contributed by atoms with Crippen molar-refractivity contribution >= 4 is 17.3 Å². The number of rotatable bonds is 2. The maximum atomic E-state index is 10.7. The molecule has 1 aliphatic heterocycles. The van der Waals surface area contributed by atoms with Gasteiger partial charge in [-0.2, -0.15) is 0 Å². The lowest BCUT2D eigenvalue weighted by atomic mass is 10.0. The van der Waals surface area contributed by atoms with Gasteiger partial charge in [0.15, 0.2) is 6.10 Å². The number of carbonyl (C=O) groups is 1. The summed E-state index contributed by atoms with van der Waals surface area (Å²) in [6.07, 6.45) is 1.88. The van der Waals surface area contributed by atoms with Gasteiger partial charge in [-0.1, -0.05) is 6.07 Å². The summed E-state index contributed by atoms with van der Waals surface area (Å²) >= 11 is 1.63. The van der Waals surface area contributed by atoms with E-state index in [0.29, 0.717) is 6.42 Å². The van der Waals surface area contributed by atoms with E-state index in [9.17, 15) is 4.79 Å². The molecule has 0 aliphatic carbocycles. The first kappa shape index (κ1) is 9.68. The molecule has 2 rings (SSSR count). The largest absolute Gasteiger partial charge is 0.479 e. The Kier molecular flexibility index (Phi) is 2.84. The molecule has 4 heteroatoms. The summed E-state index contributed by atoms with van der Waals surface area (Å²) < 4.78 is 5.50. The monoisotopic (exact) mass is 212 g/mol. The number of aliphatic carboxylic acids is 1. The molecule has 14 heavy (non-hydrogen) atoms. The molecule has 2 atom stereocenters. The van der Waals surface area contributed by atoms with Gasteiger partial charge in [-0.05, 0) is 30.7 Å². The van der Waals surface area contributed by atoms with E-state index in [-0.39, 0.29) is 6.10 Å². The van der Waals surface area contributed by atoms with Crippen LogP contribution in [0.5, 0.6) is 0 Å². The molecule has 1 aromatic rings. The first-order valence-electron chi connectivity index (χ1n) is 4.69. The van der Waals surface area contributed by atoms with Crippen molar-refractivity contribution in [3.63, 3.8) is 0 Å². The second kappa shape index (κ2) is 4.11. The molecule has 1 aromatic heterocycles. The first-order valence-corrected chi connectivity index (χ1v) is 5.57. The van der Waals surface area contributed by atoms with Crippen LogP contribution in [0.15, 0.2) is 17.5 Å². The number of carboxylic acid groups (broad SMARTS) is 1. The highest BCUT2D eigenvalue weighted by molar-refractivity contribution is 7.10. The summed E-state index contributed by atoms with van der Waals surface area (Å²) in [4.78, 5) is 11.9. The number of thiophene rings is 1. The normalized spacial score (nSPS) is 27.4. The first-order chi connectivity index (χ1) is 6.77. The van der Waals surface area contributed by atoms with Crippen LogP contribution in [0.3, 0.4) is 0 Å². The summed E-state index contributed by atoms with van der Waals surface area (Å²) in [6, 6.07) is 3.97. The summed E-state index contributed by atoms with van der Waals surface area (Å²) in [6.45, 7) is 0. The van der Waals surface area contributed by atoms with Gasteiger partial charge in [-0.25, -0.2) is 4.79 Å². The van der Waals surface area contributed by atoms with Crippen LogP contribution in [0.4, 0.5) is 0 Å². The van der Waals surface area contributed by atoms with E-state index < -0.39 is 12.1 Å². The highest BCUT2D eigenvalue weighted by Gasteiger charge is 2.28. The van der Waals surface area contributed by atoms with Gasteiger partial charge in [-0.15, -0.1) is 11.3 Å². The van der Waals surface area contributed by atoms with Crippen molar-refractivity contribution in [2.45, 2.75) is 31.5 Å².